The highest BCUT2D eigenvalue weighted by Gasteiger charge is 2.12. The molecule has 2 aromatic heterocycles. The van der Waals surface area contributed by atoms with E-state index in [4.69, 9.17) is 14.0 Å². The van der Waals surface area contributed by atoms with Gasteiger partial charge in [0.2, 0.25) is 5.88 Å². The van der Waals surface area contributed by atoms with Crippen molar-refractivity contribution in [2.45, 2.75) is 20.0 Å². The van der Waals surface area contributed by atoms with Gasteiger partial charge in [0, 0.05) is 23.9 Å². The van der Waals surface area contributed by atoms with E-state index in [0.717, 1.165) is 12.0 Å². The molecular formula is C24H20N2O4. The highest BCUT2D eigenvalue weighted by molar-refractivity contribution is 5.89. The minimum absolute atomic E-state index is 0.0128. The molecule has 0 aliphatic carbocycles. The lowest BCUT2D eigenvalue weighted by molar-refractivity contribution is 0.0437. The zero-order valence-corrected chi connectivity index (χ0v) is 16.4. The van der Waals surface area contributed by atoms with E-state index in [9.17, 15) is 4.79 Å². The van der Waals surface area contributed by atoms with Crippen molar-refractivity contribution in [1.29, 1.82) is 0 Å². The monoisotopic (exact) mass is 400 g/mol. The normalized spacial score (nSPS) is 10.6. The molecule has 0 fully saturated rings. The number of nitrogens with zero attached hydrogens (tertiary/aromatic N) is 2. The summed E-state index contributed by atoms with van der Waals surface area (Å²) in [6, 6.07) is 22.4. The van der Waals surface area contributed by atoms with Gasteiger partial charge in [-0.15, -0.1) is 0 Å². The van der Waals surface area contributed by atoms with Gasteiger partial charge in [0.15, 0.2) is 12.4 Å². The third kappa shape index (κ3) is 4.72. The van der Waals surface area contributed by atoms with Gasteiger partial charge in [0.1, 0.15) is 11.4 Å². The van der Waals surface area contributed by atoms with Gasteiger partial charge in [-0.05, 0) is 30.2 Å². The molecule has 6 heteroatoms. The quantitative estimate of drug-likeness (QED) is 0.384. The maximum absolute atomic E-state index is 12.3. The van der Waals surface area contributed by atoms with Crippen molar-refractivity contribution in [2.75, 3.05) is 0 Å². The fourth-order valence-corrected chi connectivity index (χ4v) is 2.82. The number of carbonyl (C=O) groups is 1. The number of aromatic nitrogens is 2. The second-order valence-corrected chi connectivity index (χ2v) is 6.61. The molecule has 0 spiro atoms. The summed E-state index contributed by atoms with van der Waals surface area (Å²) in [4.78, 5) is 16.4. The van der Waals surface area contributed by atoms with Crippen molar-refractivity contribution in [1.82, 2.24) is 10.1 Å². The Morgan fingerprint density at radius 3 is 2.50 bits per heavy atom. The molecular weight excluding hydrogens is 380 g/mol. The Balaban J connectivity index is 1.33. The fourth-order valence-electron chi connectivity index (χ4n) is 2.82. The summed E-state index contributed by atoms with van der Waals surface area (Å²) in [6.07, 6.45) is 2.40. The van der Waals surface area contributed by atoms with Crippen molar-refractivity contribution >= 4 is 5.97 Å². The highest BCUT2D eigenvalue weighted by Crippen LogP contribution is 2.21. The standard InChI is InChI=1S/C24H20N2O4/c1-2-17-8-10-18(11-9-17)22-14-21(30-26-22)16-28-24(27)19-12-13-23(25-15-19)29-20-6-4-3-5-7-20/h3-15H,2,16H2,1H3. The maximum atomic E-state index is 12.3. The number of pyridine rings is 1. The third-order valence-corrected chi connectivity index (χ3v) is 4.50. The van der Waals surface area contributed by atoms with Crippen LogP contribution in [0.5, 0.6) is 11.6 Å². The second kappa shape index (κ2) is 9.05. The number of ether oxygens (including phenoxy) is 2. The molecule has 4 aromatic rings. The van der Waals surface area contributed by atoms with Crippen LogP contribution in [0.4, 0.5) is 0 Å². The van der Waals surface area contributed by atoms with Gasteiger partial charge in [0.05, 0.1) is 5.56 Å². The first-order valence-electron chi connectivity index (χ1n) is 9.62. The van der Waals surface area contributed by atoms with Crippen molar-refractivity contribution in [3.8, 4) is 22.9 Å². The van der Waals surface area contributed by atoms with E-state index in [1.54, 1.807) is 18.2 Å². The molecule has 0 N–H and O–H groups in total. The van der Waals surface area contributed by atoms with Crippen LogP contribution < -0.4 is 4.74 Å². The van der Waals surface area contributed by atoms with Gasteiger partial charge in [-0.25, -0.2) is 9.78 Å². The predicted molar refractivity (Wildman–Crippen MR) is 111 cm³/mol. The van der Waals surface area contributed by atoms with Crippen molar-refractivity contribution in [2.24, 2.45) is 0 Å². The third-order valence-electron chi connectivity index (χ3n) is 4.50. The van der Waals surface area contributed by atoms with E-state index in [1.807, 2.05) is 42.5 Å². The number of hydrogen-bond donors (Lipinski definition) is 0. The Kier molecular flexibility index (Phi) is 5.85. The number of esters is 1. The molecule has 2 heterocycles. The summed E-state index contributed by atoms with van der Waals surface area (Å²) >= 11 is 0. The van der Waals surface area contributed by atoms with Crippen LogP contribution >= 0.6 is 0 Å². The van der Waals surface area contributed by atoms with E-state index in [0.29, 0.717) is 28.6 Å². The molecule has 0 aliphatic heterocycles. The smallest absolute Gasteiger partial charge is 0.340 e. The Hall–Kier alpha value is -3.93. The summed E-state index contributed by atoms with van der Waals surface area (Å²) < 4.78 is 16.2. The zero-order valence-electron chi connectivity index (χ0n) is 16.4. The maximum Gasteiger partial charge on any atom is 0.340 e. The minimum Gasteiger partial charge on any atom is -0.454 e. The highest BCUT2D eigenvalue weighted by atomic mass is 16.5. The molecule has 0 amide bonds. The first kappa shape index (κ1) is 19.4. The molecule has 0 saturated heterocycles. The molecule has 0 aliphatic rings. The Bertz CT molecular complexity index is 1100. The van der Waals surface area contributed by atoms with Crippen molar-refractivity contribution in [3.05, 3.63) is 95.9 Å². The van der Waals surface area contributed by atoms with Gasteiger partial charge in [-0.2, -0.15) is 0 Å². The second-order valence-electron chi connectivity index (χ2n) is 6.61. The molecule has 0 unspecified atom stereocenters. The molecule has 6 nitrogen and oxygen atoms in total. The Morgan fingerprint density at radius 2 is 1.80 bits per heavy atom. The van der Waals surface area contributed by atoms with Crippen LogP contribution in [0.2, 0.25) is 0 Å². The van der Waals surface area contributed by atoms with E-state index >= 15 is 0 Å². The molecule has 0 bridgehead atoms. The molecule has 0 radical (unpaired) electrons. The predicted octanol–water partition coefficient (Wildman–Crippen LogP) is 5.45. The van der Waals surface area contributed by atoms with Crippen LogP contribution in [-0.4, -0.2) is 16.1 Å². The summed E-state index contributed by atoms with van der Waals surface area (Å²) in [7, 11) is 0. The average molecular weight is 400 g/mol. The van der Waals surface area contributed by atoms with Crippen LogP contribution in [-0.2, 0) is 17.8 Å². The molecule has 2 aromatic carbocycles. The van der Waals surface area contributed by atoms with Gasteiger partial charge in [-0.3, -0.25) is 0 Å². The SMILES string of the molecule is CCc1ccc(-c2cc(COC(=O)c3ccc(Oc4ccccc4)nc3)on2)cc1. The first-order valence-corrected chi connectivity index (χ1v) is 9.62. The van der Waals surface area contributed by atoms with Gasteiger partial charge >= 0.3 is 5.97 Å². The number of carbonyl (C=O) groups excluding carboxylic acids is 1. The van der Waals surface area contributed by atoms with Crippen LogP contribution in [0.25, 0.3) is 11.3 Å². The van der Waals surface area contributed by atoms with E-state index < -0.39 is 5.97 Å². The van der Waals surface area contributed by atoms with Crippen molar-refractivity contribution < 1.29 is 18.8 Å². The molecule has 4 rings (SSSR count). The molecule has 0 saturated carbocycles. The number of aryl methyl sites for hydroxylation is 1. The van der Waals surface area contributed by atoms with E-state index in [2.05, 4.69) is 29.2 Å². The number of hydrogen-bond acceptors (Lipinski definition) is 6. The molecule has 0 atom stereocenters. The lowest BCUT2D eigenvalue weighted by Crippen LogP contribution is -2.05. The van der Waals surface area contributed by atoms with Crippen LogP contribution in [0.1, 0.15) is 28.6 Å². The summed E-state index contributed by atoms with van der Waals surface area (Å²) in [6.45, 7) is 2.10. The Morgan fingerprint density at radius 1 is 1.00 bits per heavy atom. The molecule has 150 valence electrons. The lowest BCUT2D eigenvalue weighted by Gasteiger charge is -2.05. The summed E-state index contributed by atoms with van der Waals surface area (Å²) in [5, 5.41) is 4.05. The summed E-state index contributed by atoms with van der Waals surface area (Å²) in [5.74, 6) is 1.03. The average Bonchev–Trinajstić information content (AvgIpc) is 3.28. The van der Waals surface area contributed by atoms with Crippen LogP contribution in [0.3, 0.4) is 0 Å². The van der Waals surface area contributed by atoms with Crippen LogP contribution in [0, 0.1) is 0 Å². The topological polar surface area (TPSA) is 74.5 Å². The fraction of sp³-hybridized carbons (Fsp3) is 0.125. The van der Waals surface area contributed by atoms with Crippen molar-refractivity contribution in [3.63, 3.8) is 0 Å². The zero-order chi connectivity index (χ0) is 20.8. The number of rotatable bonds is 7. The van der Waals surface area contributed by atoms with Crippen LogP contribution in [0.15, 0.2) is 83.5 Å². The summed E-state index contributed by atoms with van der Waals surface area (Å²) in [5.41, 5.74) is 3.23. The van der Waals surface area contributed by atoms with E-state index in [-0.39, 0.29) is 6.61 Å². The van der Waals surface area contributed by atoms with Gasteiger partial charge in [0.25, 0.3) is 0 Å². The Labute approximate surface area is 174 Å². The number of benzene rings is 2. The van der Waals surface area contributed by atoms with E-state index in [1.165, 1.54) is 11.8 Å². The largest absolute Gasteiger partial charge is 0.454 e. The van der Waals surface area contributed by atoms with Gasteiger partial charge < -0.3 is 14.0 Å². The lowest BCUT2D eigenvalue weighted by atomic mass is 10.1. The van der Waals surface area contributed by atoms with Gasteiger partial charge in [-0.1, -0.05) is 54.5 Å². The minimum atomic E-state index is -0.501. The number of para-hydroxylation sites is 1. The molecule has 30 heavy (non-hydrogen) atoms. The first-order chi connectivity index (χ1) is 14.7.